The van der Waals surface area contributed by atoms with E-state index in [1.807, 2.05) is 0 Å². The first-order valence-corrected chi connectivity index (χ1v) is 6.47. The van der Waals surface area contributed by atoms with Crippen molar-refractivity contribution in [2.24, 2.45) is 17.3 Å². The second-order valence-electron chi connectivity index (χ2n) is 5.58. The highest BCUT2D eigenvalue weighted by molar-refractivity contribution is 4.74. The van der Waals surface area contributed by atoms with E-state index in [4.69, 9.17) is 0 Å². The molecular weight excluding hydrogens is 168 g/mol. The third kappa shape index (κ3) is 5.02. The second kappa shape index (κ2) is 6.48. The lowest BCUT2D eigenvalue weighted by Gasteiger charge is -2.31. The van der Waals surface area contributed by atoms with Crippen LogP contribution >= 0.6 is 0 Å². The topological polar surface area (TPSA) is 0 Å². The SMILES string of the molecule is CCC(C)CC(C)CC(C)(CC)CC. The third-order valence-corrected chi connectivity index (χ3v) is 4.05. The van der Waals surface area contributed by atoms with Gasteiger partial charge in [0.25, 0.3) is 0 Å². The molecule has 2 atom stereocenters. The van der Waals surface area contributed by atoms with E-state index in [0.29, 0.717) is 5.41 Å². The molecule has 0 saturated carbocycles. The predicted octanol–water partition coefficient (Wildman–Crippen LogP) is 5.28. The van der Waals surface area contributed by atoms with E-state index in [0.717, 1.165) is 11.8 Å². The van der Waals surface area contributed by atoms with Crippen LogP contribution in [0.15, 0.2) is 0 Å². The highest BCUT2D eigenvalue weighted by Gasteiger charge is 2.22. The smallest absolute Gasteiger partial charge is 0.0329 e. The molecule has 0 nitrogen and oxygen atoms in total. The minimum absolute atomic E-state index is 0.590. The summed E-state index contributed by atoms with van der Waals surface area (Å²) in [6, 6.07) is 0. The van der Waals surface area contributed by atoms with Gasteiger partial charge < -0.3 is 0 Å². The van der Waals surface area contributed by atoms with Gasteiger partial charge in [-0.2, -0.15) is 0 Å². The monoisotopic (exact) mass is 198 g/mol. The third-order valence-electron chi connectivity index (χ3n) is 4.05. The molecule has 0 aliphatic rings. The van der Waals surface area contributed by atoms with Gasteiger partial charge in [0.1, 0.15) is 0 Å². The maximum Gasteiger partial charge on any atom is -0.0329 e. The van der Waals surface area contributed by atoms with Crippen LogP contribution in [0.5, 0.6) is 0 Å². The molecule has 0 aliphatic carbocycles. The highest BCUT2D eigenvalue weighted by atomic mass is 14.3. The first-order valence-electron chi connectivity index (χ1n) is 6.47. The van der Waals surface area contributed by atoms with E-state index in [-0.39, 0.29) is 0 Å². The second-order valence-corrected chi connectivity index (χ2v) is 5.58. The van der Waals surface area contributed by atoms with Gasteiger partial charge >= 0.3 is 0 Å². The fraction of sp³-hybridized carbons (Fsp3) is 1.00. The van der Waals surface area contributed by atoms with Crippen molar-refractivity contribution >= 4 is 0 Å². The molecule has 0 saturated heterocycles. The number of rotatable bonds is 7. The van der Waals surface area contributed by atoms with Gasteiger partial charge in [0.05, 0.1) is 0 Å². The van der Waals surface area contributed by atoms with Gasteiger partial charge in [-0.3, -0.25) is 0 Å². The van der Waals surface area contributed by atoms with E-state index in [1.54, 1.807) is 0 Å². The summed E-state index contributed by atoms with van der Waals surface area (Å²) >= 11 is 0. The first-order chi connectivity index (χ1) is 6.47. The molecule has 0 aromatic carbocycles. The lowest BCUT2D eigenvalue weighted by molar-refractivity contribution is 0.210. The molecule has 0 fully saturated rings. The van der Waals surface area contributed by atoms with E-state index in [9.17, 15) is 0 Å². The van der Waals surface area contributed by atoms with Crippen LogP contribution in [0.4, 0.5) is 0 Å². The molecule has 0 rings (SSSR count). The lowest BCUT2D eigenvalue weighted by Crippen LogP contribution is -2.18. The van der Waals surface area contributed by atoms with Crippen molar-refractivity contribution in [3.8, 4) is 0 Å². The van der Waals surface area contributed by atoms with Crippen LogP contribution < -0.4 is 0 Å². The van der Waals surface area contributed by atoms with Crippen LogP contribution in [-0.4, -0.2) is 0 Å². The van der Waals surface area contributed by atoms with Crippen molar-refractivity contribution in [3.63, 3.8) is 0 Å². The summed E-state index contributed by atoms with van der Waals surface area (Å²) in [6.07, 6.45) is 6.80. The lowest BCUT2D eigenvalue weighted by atomic mass is 9.75. The largest absolute Gasteiger partial charge is 0.0651 e. The van der Waals surface area contributed by atoms with E-state index in [1.165, 1.54) is 32.1 Å². The Morgan fingerprint density at radius 3 is 1.79 bits per heavy atom. The van der Waals surface area contributed by atoms with E-state index >= 15 is 0 Å². The molecule has 0 amide bonds. The Bertz CT molecular complexity index is 133. The maximum absolute atomic E-state index is 2.44. The molecule has 0 aromatic heterocycles. The Kier molecular flexibility index (Phi) is 6.48. The molecule has 0 heteroatoms. The van der Waals surface area contributed by atoms with Gasteiger partial charge in [0.15, 0.2) is 0 Å². The predicted molar refractivity (Wildman–Crippen MR) is 66.5 cm³/mol. The highest BCUT2D eigenvalue weighted by Crippen LogP contribution is 2.35. The normalized spacial score (nSPS) is 16.7. The number of hydrogen-bond donors (Lipinski definition) is 0. The molecule has 0 spiro atoms. The zero-order chi connectivity index (χ0) is 11.2. The standard InChI is InChI=1S/C14H30/c1-7-12(4)10-13(5)11-14(6,8-2)9-3/h12-13H,7-11H2,1-6H3. The molecule has 2 unspecified atom stereocenters. The van der Waals surface area contributed by atoms with Gasteiger partial charge in [-0.15, -0.1) is 0 Å². The molecule has 0 radical (unpaired) electrons. The summed E-state index contributed by atoms with van der Waals surface area (Å²) in [4.78, 5) is 0. The summed E-state index contributed by atoms with van der Waals surface area (Å²) in [6.45, 7) is 14.2. The van der Waals surface area contributed by atoms with Crippen molar-refractivity contribution < 1.29 is 0 Å². The van der Waals surface area contributed by atoms with Crippen LogP contribution in [0.25, 0.3) is 0 Å². The van der Waals surface area contributed by atoms with Crippen LogP contribution in [0.2, 0.25) is 0 Å². The van der Waals surface area contributed by atoms with Gasteiger partial charge in [-0.05, 0) is 30.1 Å². The fourth-order valence-electron chi connectivity index (χ4n) is 2.32. The average molecular weight is 198 g/mol. The summed E-state index contributed by atoms with van der Waals surface area (Å²) in [5, 5.41) is 0. The van der Waals surface area contributed by atoms with Gasteiger partial charge in [0.2, 0.25) is 0 Å². The summed E-state index contributed by atoms with van der Waals surface area (Å²) in [5.41, 5.74) is 0.590. The molecule has 0 heterocycles. The summed E-state index contributed by atoms with van der Waals surface area (Å²) in [5.74, 6) is 1.80. The first kappa shape index (κ1) is 14.0. The Labute approximate surface area is 91.5 Å². The van der Waals surface area contributed by atoms with Crippen LogP contribution in [0.1, 0.15) is 73.6 Å². The molecule has 86 valence electrons. The molecule has 0 N–H and O–H groups in total. The van der Waals surface area contributed by atoms with Gasteiger partial charge in [-0.1, -0.05) is 60.8 Å². The van der Waals surface area contributed by atoms with Crippen molar-refractivity contribution in [2.45, 2.75) is 73.6 Å². The van der Waals surface area contributed by atoms with Crippen LogP contribution in [0, 0.1) is 17.3 Å². The molecule has 0 aliphatic heterocycles. The average Bonchev–Trinajstić information content (AvgIpc) is 2.17. The van der Waals surface area contributed by atoms with Crippen molar-refractivity contribution in [2.75, 3.05) is 0 Å². The van der Waals surface area contributed by atoms with Crippen molar-refractivity contribution in [1.29, 1.82) is 0 Å². The van der Waals surface area contributed by atoms with Crippen molar-refractivity contribution in [3.05, 3.63) is 0 Å². The Hall–Kier alpha value is 0. The van der Waals surface area contributed by atoms with Gasteiger partial charge in [-0.25, -0.2) is 0 Å². The minimum atomic E-state index is 0.590. The van der Waals surface area contributed by atoms with Gasteiger partial charge in [0, 0.05) is 0 Å². The van der Waals surface area contributed by atoms with Crippen LogP contribution in [0.3, 0.4) is 0 Å². The van der Waals surface area contributed by atoms with Crippen LogP contribution in [-0.2, 0) is 0 Å². The zero-order valence-corrected chi connectivity index (χ0v) is 11.2. The molecular formula is C14H30. The summed E-state index contributed by atoms with van der Waals surface area (Å²) in [7, 11) is 0. The Morgan fingerprint density at radius 1 is 0.929 bits per heavy atom. The Balaban J connectivity index is 3.96. The molecule has 0 bridgehead atoms. The van der Waals surface area contributed by atoms with E-state index < -0.39 is 0 Å². The minimum Gasteiger partial charge on any atom is -0.0651 e. The van der Waals surface area contributed by atoms with E-state index in [2.05, 4.69) is 41.5 Å². The quantitative estimate of drug-likeness (QED) is 0.522. The fourth-order valence-corrected chi connectivity index (χ4v) is 2.32. The maximum atomic E-state index is 2.44. The zero-order valence-electron chi connectivity index (χ0n) is 11.2. The Morgan fingerprint density at radius 2 is 1.43 bits per heavy atom. The molecule has 14 heavy (non-hydrogen) atoms. The molecule has 0 aromatic rings. The number of hydrogen-bond acceptors (Lipinski definition) is 0. The van der Waals surface area contributed by atoms with Crippen molar-refractivity contribution in [1.82, 2.24) is 0 Å². The summed E-state index contributed by atoms with van der Waals surface area (Å²) < 4.78 is 0.